The lowest BCUT2D eigenvalue weighted by Crippen LogP contribution is -2.32. The van der Waals surface area contributed by atoms with E-state index in [0.717, 1.165) is 0 Å². The fourth-order valence-electron chi connectivity index (χ4n) is 3.75. The van der Waals surface area contributed by atoms with Crippen molar-refractivity contribution in [2.45, 2.75) is 38.6 Å². The zero-order valence-corrected chi connectivity index (χ0v) is 11.8. The number of pyridine rings is 1. The van der Waals surface area contributed by atoms with Gasteiger partial charge < -0.3 is 5.32 Å². The smallest absolute Gasteiger partial charge is 0.0378 e. The van der Waals surface area contributed by atoms with E-state index in [-0.39, 0.29) is 0 Å². The molecule has 1 fully saturated rings. The second-order valence-electron chi connectivity index (χ2n) is 6.03. The van der Waals surface area contributed by atoms with Crippen LogP contribution in [0, 0.1) is 5.41 Å². The van der Waals surface area contributed by atoms with E-state index in [9.17, 15) is 0 Å². The molecule has 0 bridgehead atoms. The number of benzene rings is 1. The Bertz CT molecular complexity index is 565. The second-order valence-corrected chi connectivity index (χ2v) is 6.03. The van der Waals surface area contributed by atoms with E-state index in [1.165, 1.54) is 42.0 Å². The minimum Gasteiger partial charge on any atom is -0.313 e. The maximum absolute atomic E-state index is 4.23. The molecule has 0 saturated heterocycles. The Balaban J connectivity index is 2.11. The molecule has 1 aromatic heterocycles. The fraction of sp³-hybridized carbons (Fsp3) is 0.471. The molecule has 1 aliphatic carbocycles. The molecule has 1 unspecified atom stereocenters. The van der Waals surface area contributed by atoms with Crippen molar-refractivity contribution in [2.75, 3.05) is 7.05 Å². The Kier molecular flexibility index (Phi) is 3.28. The van der Waals surface area contributed by atoms with Crippen LogP contribution in [-0.2, 0) is 0 Å². The van der Waals surface area contributed by atoms with Crippen molar-refractivity contribution in [2.24, 2.45) is 5.41 Å². The lowest BCUT2D eigenvalue weighted by Gasteiger charge is -2.35. The van der Waals surface area contributed by atoms with Gasteiger partial charge in [-0.2, -0.15) is 0 Å². The highest BCUT2D eigenvalue weighted by Gasteiger charge is 2.37. The zero-order chi connectivity index (χ0) is 13.3. The summed E-state index contributed by atoms with van der Waals surface area (Å²) >= 11 is 0. The minimum absolute atomic E-state index is 0.381. The van der Waals surface area contributed by atoms with Gasteiger partial charge in [0.1, 0.15) is 0 Å². The van der Waals surface area contributed by atoms with E-state index >= 15 is 0 Å². The molecule has 19 heavy (non-hydrogen) atoms. The highest BCUT2D eigenvalue weighted by Crippen LogP contribution is 2.48. The molecule has 0 spiro atoms. The van der Waals surface area contributed by atoms with Gasteiger partial charge in [0.2, 0.25) is 0 Å². The van der Waals surface area contributed by atoms with Crippen LogP contribution in [-0.4, -0.2) is 12.0 Å². The molecule has 1 N–H and O–H groups in total. The second kappa shape index (κ2) is 4.93. The summed E-state index contributed by atoms with van der Waals surface area (Å²) < 4.78 is 0. The van der Waals surface area contributed by atoms with Gasteiger partial charge in [0.05, 0.1) is 0 Å². The molecule has 0 amide bonds. The molecule has 2 heteroatoms. The van der Waals surface area contributed by atoms with E-state index in [2.05, 4.69) is 48.5 Å². The molecule has 1 atom stereocenters. The minimum atomic E-state index is 0.381. The van der Waals surface area contributed by atoms with Crippen molar-refractivity contribution in [3.63, 3.8) is 0 Å². The average Bonchev–Trinajstić information content (AvgIpc) is 2.87. The molecular weight excluding hydrogens is 232 g/mol. The zero-order valence-electron chi connectivity index (χ0n) is 11.8. The SMILES string of the molecule is CNC(c1cccc2cnccc12)C1(C)CCCC1. The van der Waals surface area contributed by atoms with E-state index in [0.29, 0.717) is 11.5 Å². The van der Waals surface area contributed by atoms with Crippen molar-refractivity contribution < 1.29 is 0 Å². The third-order valence-corrected chi connectivity index (χ3v) is 4.76. The van der Waals surface area contributed by atoms with Gasteiger partial charge in [-0.05, 0) is 42.3 Å². The first-order valence-corrected chi connectivity index (χ1v) is 7.24. The van der Waals surface area contributed by atoms with E-state index < -0.39 is 0 Å². The standard InChI is InChI=1S/C17H22N2/c1-17(9-3-4-10-17)16(18-2)15-7-5-6-13-12-19-11-8-14(13)15/h5-8,11-12,16,18H,3-4,9-10H2,1-2H3. The van der Waals surface area contributed by atoms with E-state index in [4.69, 9.17) is 0 Å². The van der Waals surface area contributed by atoms with Crippen LogP contribution in [0.5, 0.6) is 0 Å². The van der Waals surface area contributed by atoms with Gasteiger partial charge in [-0.25, -0.2) is 0 Å². The van der Waals surface area contributed by atoms with E-state index in [1.54, 1.807) is 0 Å². The monoisotopic (exact) mass is 254 g/mol. The first-order chi connectivity index (χ1) is 9.24. The van der Waals surface area contributed by atoms with Crippen molar-refractivity contribution in [1.82, 2.24) is 10.3 Å². The Hall–Kier alpha value is -1.41. The Labute approximate surface area is 115 Å². The lowest BCUT2D eigenvalue weighted by molar-refractivity contribution is 0.235. The molecule has 2 aromatic rings. The summed E-state index contributed by atoms with van der Waals surface area (Å²) in [6.07, 6.45) is 9.22. The van der Waals surface area contributed by atoms with Gasteiger partial charge in [0.15, 0.2) is 0 Å². The Morgan fingerprint density at radius 1 is 1.21 bits per heavy atom. The number of nitrogens with zero attached hydrogens (tertiary/aromatic N) is 1. The largest absolute Gasteiger partial charge is 0.313 e. The third kappa shape index (κ3) is 2.14. The Morgan fingerprint density at radius 2 is 2.00 bits per heavy atom. The van der Waals surface area contributed by atoms with Crippen LogP contribution in [0.1, 0.15) is 44.2 Å². The number of aromatic nitrogens is 1. The van der Waals surface area contributed by atoms with Crippen molar-refractivity contribution in [3.05, 3.63) is 42.2 Å². The highest BCUT2D eigenvalue weighted by atomic mass is 14.9. The fourth-order valence-corrected chi connectivity index (χ4v) is 3.75. The highest BCUT2D eigenvalue weighted by molar-refractivity contribution is 5.85. The molecule has 100 valence electrons. The summed E-state index contributed by atoms with van der Waals surface area (Å²) in [5.74, 6) is 0. The molecule has 2 nitrogen and oxygen atoms in total. The molecule has 1 aromatic carbocycles. The summed E-state index contributed by atoms with van der Waals surface area (Å²) in [6, 6.07) is 9.15. The van der Waals surface area contributed by atoms with Crippen LogP contribution in [0.15, 0.2) is 36.7 Å². The maximum atomic E-state index is 4.23. The number of nitrogens with one attached hydrogen (secondary N) is 1. The number of hydrogen-bond acceptors (Lipinski definition) is 2. The van der Waals surface area contributed by atoms with Gasteiger partial charge in [-0.1, -0.05) is 38.0 Å². The predicted molar refractivity (Wildman–Crippen MR) is 80.1 cm³/mol. The summed E-state index contributed by atoms with van der Waals surface area (Å²) in [7, 11) is 2.09. The quantitative estimate of drug-likeness (QED) is 0.893. The summed E-state index contributed by atoms with van der Waals surface area (Å²) in [5, 5.41) is 6.15. The normalized spacial score (nSPS) is 19.7. The van der Waals surface area contributed by atoms with Crippen molar-refractivity contribution >= 4 is 10.8 Å². The first-order valence-electron chi connectivity index (χ1n) is 7.24. The van der Waals surface area contributed by atoms with Gasteiger partial charge in [-0.3, -0.25) is 4.98 Å². The molecule has 1 saturated carbocycles. The van der Waals surface area contributed by atoms with Gasteiger partial charge in [-0.15, -0.1) is 0 Å². The van der Waals surface area contributed by atoms with Gasteiger partial charge in [0, 0.05) is 23.8 Å². The number of hydrogen-bond donors (Lipinski definition) is 1. The molecule has 1 aliphatic rings. The van der Waals surface area contributed by atoms with Gasteiger partial charge >= 0.3 is 0 Å². The summed E-state index contributed by atoms with van der Waals surface area (Å²) in [4.78, 5) is 4.23. The molecule has 1 heterocycles. The van der Waals surface area contributed by atoms with Gasteiger partial charge in [0.25, 0.3) is 0 Å². The molecular formula is C17H22N2. The lowest BCUT2D eigenvalue weighted by atomic mass is 9.76. The van der Waals surface area contributed by atoms with Crippen LogP contribution in [0.2, 0.25) is 0 Å². The van der Waals surface area contributed by atoms with Crippen molar-refractivity contribution in [3.8, 4) is 0 Å². The first kappa shape index (κ1) is 12.6. The Morgan fingerprint density at radius 3 is 2.74 bits per heavy atom. The topological polar surface area (TPSA) is 24.9 Å². The van der Waals surface area contributed by atoms with Crippen LogP contribution < -0.4 is 5.32 Å². The average molecular weight is 254 g/mol. The summed E-state index contributed by atoms with van der Waals surface area (Å²) in [5.41, 5.74) is 1.80. The van der Waals surface area contributed by atoms with Crippen LogP contribution in [0.3, 0.4) is 0 Å². The molecule has 0 aliphatic heterocycles. The number of rotatable bonds is 3. The number of fused-ring (bicyclic) bond motifs is 1. The maximum Gasteiger partial charge on any atom is 0.0378 e. The molecule has 3 rings (SSSR count). The van der Waals surface area contributed by atoms with E-state index in [1.807, 2.05) is 12.4 Å². The predicted octanol–water partition coefficient (Wildman–Crippen LogP) is 4.08. The van der Waals surface area contributed by atoms with Crippen molar-refractivity contribution in [1.29, 1.82) is 0 Å². The third-order valence-electron chi connectivity index (χ3n) is 4.76. The van der Waals surface area contributed by atoms with Crippen LogP contribution in [0.4, 0.5) is 0 Å². The van der Waals surface area contributed by atoms with Crippen LogP contribution >= 0.6 is 0 Å². The summed E-state index contributed by atoms with van der Waals surface area (Å²) in [6.45, 7) is 2.43. The molecule has 0 radical (unpaired) electrons. The van der Waals surface area contributed by atoms with Crippen LogP contribution in [0.25, 0.3) is 10.8 Å².